The molecule has 1 N–H and O–H groups in total. The predicted octanol–water partition coefficient (Wildman–Crippen LogP) is 2.18. The maximum absolute atomic E-state index is 11.2. The molecule has 0 aromatic carbocycles. The number of rotatable bonds is 8. The van der Waals surface area contributed by atoms with Crippen molar-refractivity contribution < 1.29 is 9.53 Å². The highest BCUT2D eigenvalue weighted by Crippen LogP contribution is 2.17. The van der Waals surface area contributed by atoms with Crippen molar-refractivity contribution in [1.82, 2.24) is 5.32 Å². The molecular weight excluding hydrogens is 214 g/mol. The molecule has 0 aromatic rings. The summed E-state index contributed by atoms with van der Waals surface area (Å²) in [4.78, 5) is 11.2. The summed E-state index contributed by atoms with van der Waals surface area (Å²) in [6.45, 7) is 7.31. The molecule has 0 radical (unpaired) electrons. The Labute approximate surface area is 97.5 Å². The van der Waals surface area contributed by atoms with Crippen LogP contribution < -0.4 is 5.32 Å². The SMILES string of the molecule is CCOCC(=O)NCC(Cl)C(CC)CC. The number of hydrogen-bond donors (Lipinski definition) is 1. The number of ether oxygens (including phenoxy) is 1. The number of carbonyl (C=O) groups excluding carboxylic acids is 1. The standard InChI is InChI=1S/C11H22ClNO2/c1-4-9(5-2)10(12)7-13-11(14)8-15-6-3/h9-10H,4-8H2,1-3H3,(H,13,14). The van der Waals surface area contributed by atoms with Crippen molar-refractivity contribution in [2.24, 2.45) is 5.92 Å². The van der Waals surface area contributed by atoms with Crippen LogP contribution >= 0.6 is 11.6 Å². The molecule has 0 aliphatic heterocycles. The third-order valence-electron chi connectivity index (χ3n) is 2.49. The zero-order valence-electron chi connectivity index (χ0n) is 9.88. The van der Waals surface area contributed by atoms with Gasteiger partial charge in [0.05, 0.1) is 5.38 Å². The van der Waals surface area contributed by atoms with Crippen LogP contribution in [0.15, 0.2) is 0 Å². The minimum atomic E-state index is -0.0894. The minimum Gasteiger partial charge on any atom is -0.372 e. The van der Waals surface area contributed by atoms with E-state index in [1.807, 2.05) is 6.92 Å². The van der Waals surface area contributed by atoms with Crippen LogP contribution in [0.2, 0.25) is 0 Å². The molecule has 0 aliphatic rings. The highest BCUT2D eigenvalue weighted by atomic mass is 35.5. The third-order valence-corrected chi connectivity index (χ3v) is 3.00. The summed E-state index contributed by atoms with van der Waals surface area (Å²) in [6, 6.07) is 0. The van der Waals surface area contributed by atoms with Crippen LogP contribution in [-0.2, 0) is 9.53 Å². The first-order valence-electron chi connectivity index (χ1n) is 5.64. The zero-order chi connectivity index (χ0) is 11.7. The lowest BCUT2D eigenvalue weighted by atomic mass is 9.99. The summed E-state index contributed by atoms with van der Waals surface area (Å²) < 4.78 is 4.99. The fourth-order valence-corrected chi connectivity index (χ4v) is 1.86. The Hall–Kier alpha value is -0.280. The number of amides is 1. The molecule has 0 aliphatic carbocycles. The fourth-order valence-electron chi connectivity index (χ4n) is 1.42. The van der Waals surface area contributed by atoms with E-state index in [0.717, 1.165) is 12.8 Å². The molecule has 0 saturated carbocycles. The summed E-state index contributed by atoms with van der Waals surface area (Å²) in [5.41, 5.74) is 0. The van der Waals surface area contributed by atoms with Crippen molar-refractivity contribution in [3.63, 3.8) is 0 Å². The van der Waals surface area contributed by atoms with Gasteiger partial charge in [-0.3, -0.25) is 4.79 Å². The Balaban J connectivity index is 3.68. The van der Waals surface area contributed by atoms with E-state index >= 15 is 0 Å². The van der Waals surface area contributed by atoms with Gasteiger partial charge in [-0.15, -0.1) is 11.6 Å². The van der Waals surface area contributed by atoms with E-state index in [9.17, 15) is 4.79 Å². The lowest BCUT2D eigenvalue weighted by Gasteiger charge is -2.19. The fraction of sp³-hybridized carbons (Fsp3) is 0.909. The van der Waals surface area contributed by atoms with Gasteiger partial charge in [-0.25, -0.2) is 0 Å². The van der Waals surface area contributed by atoms with Crippen molar-refractivity contribution >= 4 is 17.5 Å². The van der Waals surface area contributed by atoms with Gasteiger partial charge in [0.1, 0.15) is 6.61 Å². The molecule has 0 aromatic heterocycles. The second-order valence-electron chi connectivity index (χ2n) is 3.53. The molecule has 90 valence electrons. The summed E-state index contributed by atoms with van der Waals surface area (Å²) in [5.74, 6) is 0.382. The van der Waals surface area contributed by atoms with Crippen molar-refractivity contribution in [2.75, 3.05) is 19.8 Å². The van der Waals surface area contributed by atoms with Gasteiger partial charge >= 0.3 is 0 Å². The summed E-state index contributed by atoms with van der Waals surface area (Å²) >= 11 is 6.17. The Morgan fingerprint density at radius 3 is 2.40 bits per heavy atom. The molecule has 0 spiro atoms. The highest BCUT2D eigenvalue weighted by molar-refractivity contribution is 6.21. The molecule has 0 saturated heterocycles. The lowest BCUT2D eigenvalue weighted by Crippen LogP contribution is -2.35. The third kappa shape index (κ3) is 6.74. The number of alkyl halides is 1. The number of halogens is 1. The van der Waals surface area contributed by atoms with Crippen LogP contribution in [0.25, 0.3) is 0 Å². The van der Waals surface area contributed by atoms with E-state index < -0.39 is 0 Å². The molecule has 0 fully saturated rings. The van der Waals surface area contributed by atoms with Crippen LogP contribution in [-0.4, -0.2) is 31.0 Å². The Morgan fingerprint density at radius 1 is 1.33 bits per heavy atom. The highest BCUT2D eigenvalue weighted by Gasteiger charge is 2.16. The maximum atomic E-state index is 11.2. The molecule has 15 heavy (non-hydrogen) atoms. The molecule has 1 unspecified atom stereocenters. The summed E-state index contributed by atoms with van der Waals surface area (Å²) in [5, 5.41) is 2.79. The van der Waals surface area contributed by atoms with Crippen LogP contribution in [0.3, 0.4) is 0 Å². The first-order valence-corrected chi connectivity index (χ1v) is 6.07. The van der Waals surface area contributed by atoms with Gasteiger partial charge in [-0.05, 0) is 12.8 Å². The van der Waals surface area contributed by atoms with E-state index in [0.29, 0.717) is 19.1 Å². The van der Waals surface area contributed by atoms with Gasteiger partial charge in [-0.2, -0.15) is 0 Å². The summed E-state index contributed by atoms with van der Waals surface area (Å²) in [7, 11) is 0. The van der Waals surface area contributed by atoms with Gasteiger partial charge < -0.3 is 10.1 Å². The normalized spacial score (nSPS) is 12.9. The van der Waals surface area contributed by atoms with Crippen LogP contribution in [0.4, 0.5) is 0 Å². The Kier molecular flexibility index (Phi) is 8.82. The second kappa shape index (κ2) is 8.98. The molecule has 0 bridgehead atoms. The average molecular weight is 236 g/mol. The van der Waals surface area contributed by atoms with Crippen molar-refractivity contribution in [3.8, 4) is 0 Å². The van der Waals surface area contributed by atoms with Crippen LogP contribution in [0.1, 0.15) is 33.6 Å². The van der Waals surface area contributed by atoms with Gasteiger partial charge in [0.25, 0.3) is 0 Å². The monoisotopic (exact) mass is 235 g/mol. The van der Waals surface area contributed by atoms with Gasteiger partial charge in [0, 0.05) is 13.2 Å². The van der Waals surface area contributed by atoms with Gasteiger partial charge in [-0.1, -0.05) is 26.7 Å². The number of hydrogen-bond acceptors (Lipinski definition) is 2. The van der Waals surface area contributed by atoms with Crippen LogP contribution in [0, 0.1) is 5.92 Å². The summed E-state index contributed by atoms with van der Waals surface area (Å²) in [6.07, 6.45) is 2.10. The van der Waals surface area contributed by atoms with Crippen LogP contribution in [0.5, 0.6) is 0 Å². The average Bonchev–Trinajstić information content (AvgIpc) is 2.25. The number of nitrogens with one attached hydrogen (secondary N) is 1. The minimum absolute atomic E-state index is 0.0191. The second-order valence-corrected chi connectivity index (χ2v) is 4.09. The van der Waals surface area contributed by atoms with Gasteiger partial charge in [0.15, 0.2) is 0 Å². The molecule has 4 heteroatoms. The molecule has 0 heterocycles. The lowest BCUT2D eigenvalue weighted by molar-refractivity contribution is -0.125. The molecule has 0 rings (SSSR count). The Bertz CT molecular complexity index is 172. The largest absolute Gasteiger partial charge is 0.372 e. The molecule has 1 amide bonds. The van der Waals surface area contributed by atoms with E-state index in [1.54, 1.807) is 0 Å². The van der Waals surface area contributed by atoms with E-state index in [1.165, 1.54) is 0 Å². The molecular formula is C11H22ClNO2. The van der Waals surface area contributed by atoms with Crippen molar-refractivity contribution in [1.29, 1.82) is 0 Å². The maximum Gasteiger partial charge on any atom is 0.246 e. The van der Waals surface area contributed by atoms with E-state index in [2.05, 4.69) is 19.2 Å². The zero-order valence-corrected chi connectivity index (χ0v) is 10.6. The smallest absolute Gasteiger partial charge is 0.246 e. The Morgan fingerprint density at radius 2 is 1.93 bits per heavy atom. The molecule has 3 nitrogen and oxygen atoms in total. The first-order chi connectivity index (χ1) is 7.15. The van der Waals surface area contributed by atoms with Gasteiger partial charge in [0.2, 0.25) is 5.91 Å². The van der Waals surface area contributed by atoms with Crippen molar-refractivity contribution in [3.05, 3.63) is 0 Å². The quantitative estimate of drug-likeness (QED) is 0.655. The number of carbonyl (C=O) groups is 1. The first kappa shape index (κ1) is 14.7. The molecule has 1 atom stereocenters. The van der Waals surface area contributed by atoms with E-state index in [4.69, 9.17) is 16.3 Å². The van der Waals surface area contributed by atoms with E-state index in [-0.39, 0.29) is 17.9 Å². The predicted molar refractivity (Wildman–Crippen MR) is 63.2 cm³/mol. The van der Waals surface area contributed by atoms with Crippen molar-refractivity contribution in [2.45, 2.75) is 39.0 Å². The topological polar surface area (TPSA) is 38.3 Å².